The predicted octanol–water partition coefficient (Wildman–Crippen LogP) is 2.21. The normalized spacial score (nSPS) is 32.5. The Kier molecular flexibility index (Phi) is 7.77. The lowest BCUT2D eigenvalue weighted by Crippen LogP contribution is -2.58. The summed E-state index contributed by atoms with van der Waals surface area (Å²) in [6.07, 6.45) is 10.8. The Hall–Kier alpha value is -2.19. The summed E-state index contributed by atoms with van der Waals surface area (Å²) in [4.78, 5) is 44.1. The Morgan fingerprint density at radius 2 is 1.97 bits per heavy atom. The van der Waals surface area contributed by atoms with Gasteiger partial charge in [-0.2, -0.15) is 0 Å². The molecular weight excluding hydrogens is 436 g/mol. The highest BCUT2D eigenvalue weighted by Gasteiger charge is 2.75. The number of amides is 2. The number of hydrogen-bond acceptors (Lipinski definition) is 6. The van der Waals surface area contributed by atoms with Gasteiger partial charge in [0.2, 0.25) is 11.8 Å². The highest BCUT2D eigenvalue weighted by molar-refractivity contribution is 5.98. The molecule has 8 heteroatoms. The quantitative estimate of drug-likeness (QED) is 0.280. The minimum absolute atomic E-state index is 0.0369. The molecule has 2 amide bonds. The van der Waals surface area contributed by atoms with Crippen LogP contribution in [0.15, 0.2) is 25.3 Å². The van der Waals surface area contributed by atoms with E-state index in [-0.39, 0.29) is 37.6 Å². The van der Waals surface area contributed by atoms with Gasteiger partial charge in [0.1, 0.15) is 11.6 Å². The lowest BCUT2D eigenvalue weighted by molar-refractivity contribution is -0.155. The number of carbonyl (C=O) groups is 3. The van der Waals surface area contributed by atoms with Gasteiger partial charge < -0.3 is 24.4 Å². The number of carbonyl (C=O) groups excluding carboxylic acids is 3. The van der Waals surface area contributed by atoms with Crippen LogP contribution in [0.5, 0.6) is 0 Å². The summed E-state index contributed by atoms with van der Waals surface area (Å²) in [6, 6.07) is -0.743. The van der Waals surface area contributed by atoms with Crippen molar-refractivity contribution in [3.8, 4) is 0 Å². The summed E-state index contributed by atoms with van der Waals surface area (Å²) in [5, 5.41) is 9.73. The third-order valence-corrected chi connectivity index (χ3v) is 8.07. The Morgan fingerprint density at radius 3 is 2.65 bits per heavy atom. The molecule has 34 heavy (non-hydrogen) atoms. The average molecular weight is 475 g/mol. The maximum Gasteiger partial charge on any atom is 0.312 e. The first kappa shape index (κ1) is 24.9. The fraction of sp³-hybridized carbons (Fsp3) is 0.731. The van der Waals surface area contributed by atoms with Crippen molar-refractivity contribution < 1.29 is 29.0 Å². The van der Waals surface area contributed by atoms with Crippen LogP contribution in [0.4, 0.5) is 0 Å². The van der Waals surface area contributed by atoms with E-state index in [0.717, 1.165) is 32.1 Å². The van der Waals surface area contributed by atoms with E-state index in [0.29, 0.717) is 25.8 Å². The summed E-state index contributed by atoms with van der Waals surface area (Å²) in [7, 11) is 0. The summed E-state index contributed by atoms with van der Waals surface area (Å²) >= 11 is 0. The minimum Gasteiger partial charge on any atom is -0.465 e. The third kappa shape index (κ3) is 4.19. The summed E-state index contributed by atoms with van der Waals surface area (Å²) < 4.78 is 11.9. The van der Waals surface area contributed by atoms with Crippen LogP contribution in [-0.2, 0) is 23.9 Å². The minimum atomic E-state index is -1.05. The summed E-state index contributed by atoms with van der Waals surface area (Å²) in [5.41, 5.74) is -1.05. The summed E-state index contributed by atoms with van der Waals surface area (Å²) in [6.45, 7) is 7.97. The van der Waals surface area contributed by atoms with Gasteiger partial charge in [0.15, 0.2) is 0 Å². The molecule has 4 fully saturated rings. The highest BCUT2D eigenvalue weighted by Crippen LogP contribution is 2.58. The van der Waals surface area contributed by atoms with E-state index < -0.39 is 35.6 Å². The molecule has 188 valence electrons. The molecule has 4 aliphatic rings. The van der Waals surface area contributed by atoms with Crippen LogP contribution in [-0.4, -0.2) is 82.8 Å². The number of nitrogens with zero attached hydrogens (tertiary/aromatic N) is 2. The van der Waals surface area contributed by atoms with Crippen molar-refractivity contribution in [3.63, 3.8) is 0 Å². The van der Waals surface area contributed by atoms with Crippen LogP contribution in [0.3, 0.4) is 0 Å². The van der Waals surface area contributed by atoms with E-state index in [1.54, 1.807) is 12.2 Å². The molecule has 3 saturated heterocycles. The molecule has 1 spiro atoms. The molecule has 1 aliphatic carbocycles. The third-order valence-electron chi connectivity index (χ3n) is 8.07. The smallest absolute Gasteiger partial charge is 0.312 e. The van der Waals surface area contributed by atoms with E-state index in [9.17, 15) is 19.5 Å². The van der Waals surface area contributed by atoms with E-state index in [4.69, 9.17) is 9.47 Å². The molecule has 0 aromatic carbocycles. The Morgan fingerprint density at radius 1 is 1.21 bits per heavy atom. The van der Waals surface area contributed by atoms with Crippen LogP contribution in [0, 0.1) is 11.8 Å². The number of fused-ring (bicyclic) bond motifs is 1. The van der Waals surface area contributed by atoms with E-state index in [1.807, 2.05) is 4.90 Å². The first-order valence-electron chi connectivity index (χ1n) is 12.8. The van der Waals surface area contributed by atoms with Crippen molar-refractivity contribution in [2.75, 3.05) is 26.3 Å². The number of aliphatic hydroxyl groups excluding tert-OH is 1. The van der Waals surface area contributed by atoms with Gasteiger partial charge in [-0.15, -0.1) is 13.2 Å². The van der Waals surface area contributed by atoms with Gasteiger partial charge in [-0.1, -0.05) is 31.4 Å². The lowest BCUT2D eigenvalue weighted by Gasteiger charge is -2.40. The molecule has 0 aromatic heterocycles. The Labute approximate surface area is 201 Å². The van der Waals surface area contributed by atoms with E-state index >= 15 is 0 Å². The number of β-amino-alcohol motifs (C(OH)–C–C–N with tert-alkyl or cyclic N) is 1. The average Bonchev–Trinajstić information content (AvgIpc) is 3.48. The van der Waals surface area contributed by atoms with Crippen molar-refractivity contribution >= 4 is 17.8 Å². The molecule has 4 rings (SSSR count). The molecule has 3 heterocycles. The van der Waals surface area contributed by atoms with Gasteiger partial charge >= 0.3 is 5.97 Å². The number of rotatable bonds is 11. The fourth-order valence-corrected chi connectivity index (χ4v) is 6.65. The van der Waals surface area contributed by atoms with Crippen LogP contribution in [0.25, 0.3) is 0 Å². The van der Waals surface area contributed by atoms with Crippen molar-refractivity contribution in [2.24, 2.45) is 11.8 Å². The van der Waals surface area contributed by atoms with Crippen LogP contribution in [0.2, 0.25) is 0 Å². The van der Waals surface area contributed by atoms with Crippen LogP contribution >= 0.6 is 0 Å². The predicted molar refractivity (Wildman–Crippen MR) is 126 cm³/mol. The Balaban J connectivity index is 1.62. The fourth-order valence-electron chi connectivity index (χ4n) is 6.65. The van der Waals surface area contributed by atoms with Crippen molar-refractivity contribution in [2.45, 2.75) is 81.6 Å². The molecular formula is C26H38N2O6. The maximum absolute atomic E-state index is 14.1. The zero-order chi connectivity index (χ0) is 24.3. The number of allylic oxidation sites excluding steroid dienone is 1. The SMILES string of the molecule is C=CCCCOC(=O)[C@@H]1[C@@H]2CCC3(O2)C(C(=O)N(CC=C)C2CCCCC2)N(CCO)C(=O)[C@H]13. The van der Waals surface area contributed by atoms with Crippen molar-refractivity contribution in [1.29, 1.82) is 0 Å². The second-order valence-electron chi connectivity index (χ2n) is 9.98. The molecule has 3 aliphatic heterocycles. The molecule has 1 saturated carbocycles. The maximum atomic E-state index is 14.1. The highest BCUT2D eigenvalue weighted by atomic mass is 16.6. The zero-order valence-electron chi connectivity index (χ0n) is 20.0. The van der Waals surface area contributed by atoms with E-state index in [1.165, 1.54) is 11.3 Å². The number of hydrogen-bond donors (Lipinski definition) is 1. The van der Waals surface area contributed by atoms with Crippen LogP contribution in [0.1, 0.15) is 57.8 Å². The first-order chi connectivity index (χ1) is 16.5. The number of esters is 1. The second-order valence-corrected chi connectivity index (χ2v) is 9.98. The largest absolute Gasteiger partial charge is 0.465 e. The topological polar surface area (TPSA) is 96.4 Å². The first-order valence-corrected chi connectivity index (χ1v) is 12.8. The van der Waals surface area contributed by atoms with Gasteiger partial charge in [-0.05, 0) is 38.5 Å². The zero-order valence-corrected chi connectivity index (χ0v) is 20.0. The molecule has 0 radical (unpaired) electrons. The number of aliphatic hydroxyl groups is 1. The summed E-state index contributed by atoms with van der Waals surface area (Å²) in [5.74, 6) is -2.34. The Bertz CT molecular complexity index is 809. The number of likely N-dealkylation sites (tertiary alicyclic amines) is 1. The van der Waals surface area contributed by atoms with Gasteiger partial charge in [-0.3, -0.25) is 14.4 Å². The number of unbranched alkanes of at least 4 members (excludes halogenated alkanes) is 1. The van der Waals surface area contributed by atoms with Gasteiger partial charge in [-0.25, -0.2) is 0 Å². The van der Waals surface area contributed by atoms with Crippen molar-refractivity contribution in [3.05, 3.63) is 25.3 Å². The molecule has 2 bridgehead atoms. The van der Waals surface area contributed by atoms with Gasteiger partial charge in [0.25, 0.3) is 0 Å². The molecule has 5 atom stereocenters. The molecule has 0 aromatic rings. The number of ether oxygens (including phenoxy) is 2. The van der Waals surface area contributed by atoms with Crippen LogP contribution < -0.4 is 0 Å². The molecule has 2 unspecified atom stereocenters. The monoisotopic (exact) mass is 474 g/mol. The van der Waals surface area contributed by atoms with Gasteiger partial charge in [0, 0.05) is 19.1 Å². The lowest BCUT2D eigenvalue weighted by atomic mass is 9.70. The molecule has 8 nitrogen and oxygen atoms in total. The van der Waals surface area contributed by atoms with Gasteiger partial charge in [0.05, 0.1) is 31.2 Å². The van der Waals surface area contributed by atoms with E-state index in [2.05, 4.69) is 13.2 Å². The molecule has 1 N–H and O–H groups in total. The standard InChI is InChI=1S/C26H38N2O6/c1-3-5-9-17-33-25(32)20-19-12-13-26(34-19)21(20)23(30)28(15-16-29)22(26)24(31)27(14-4-2)18-10-7-6-8-11-18/h3-4,18-22,29H,1-2,5-17H2/t19-,20+,21-,22?,26?/m0/s1. The van der Waals surface area contributed by atoms with Crippen molar-refractivity contribution in [1.82, 2.24) is 9.80 Å². The second kappa shape index (κ2) is 10.6.